The molecule has 0 bridgehead atoms. The quantitative estimate of drug-likeness (QED) is 0.476. The number of aliphatic hydroxyl groups is 2. The summed E-state index contributed by atoms with van der Waals surface area (Å²) in [5.74, 6) is -1.62. The molecule has 0 unspecified atom stereocenters. The largest absolute Gasteiger partial charge is 0.507 e. The molecule has 10 nitrogen and oxygen atoms in total. The number of hydrogen-bond acceptors (Lipinski definition) is 10. The number of unbranched alkanes of at least 4 members (excludes halogenated alkanes) is 1. The molecule has 0 saturated carbocycles. The number of fused-ring (bicyclic) bond motifs is 6. The monoisotopic (exact) mass is 549 g/mol. The lowest BCUT2D eigenvalue weighted by Gasteiger charge is -2.39. The minimum atomic E-state index is -1.09. The molecule has 0 spiro atoms. The zero-order valence-electron chi connectivity index (χ0n) is 22.4. The van der Waals surface area contributed by atoms with Crippen molar-refractivity contribution in [2.75, 3.05) is 0 Å². The Balaban J connectivity index is 1.50. The molecule has 2 fully saturated rings. The van der Waals surface area contributed by atoms with Gasteiger partial charge in [0, 0.05) is 23.1 Å². The fraction of sp³-hybridized carbons (Fsp3) is 0.433. The summed E-state index contributed by atoms with van der Waals surface area (Å²) >= 11 is 0. The van der Waals surface area contributed by atoms with E-state index in [9.17, 15) is 29.7 Å². The lowest BCUT2D eigenvalue weighted by Crippen LogP contribution is -2.48. The third-order valence-electron chi connectivity index (χ3n) is 8.10. The molecule has 2 saturated heterocycles. The topological polar surface area (TPSA) is 143 Å². The van der Waals surface area contributed by atoms with Crippen molar-refractivity contribution in [3.8, 4) is 11.5 Å². The molecule has 6 atom stereocenters. The second-order valence-corrected chi connectivity index (χ2v) is 10.8. The van der Waals surface area contributed by atoms with Crippen molar-refractivity contribution in [1.82, 2.24) is 4.90 Å². The predicted molar refractivity (Wildman–Crippen MR) is 140 cm³/mol. The van der Waals surface area contributed by atoms with Crippen LogP contribution in [0.2, 0.25) is 0 Å². The van der Waals surface area contributed by atoms with E-state index in [1.54, 1.807) is 30.9 Å². The number of aromatic hydroxyl groups is 1. The van der Waals surface area contributed by atoms with Gasteiger partial charge in [-0.25, -0.2) is 4.79 Å². The Morgan fingerprint density at radius 1 is 1.10 bits per heavy atom. The average molecular weight is 550 g/mol. The van der Waals surface area contributed by atoms with Gasteiger partial charge in [-0.1, -0.05) is 31.9 Å². The molecular formula is C30H31NO9. The summed E-state index contributed by atoms with van der Waals surface area (Å²) in [7, 11) is 0. The highest BCUT2D eigenvalue weighted by Gasteiger charge is 2.53. The Bertz CT molecular complexity index is 1450. The van der Waals surface area contributed by atoms with Crippen LogP contribution in [0.1, 0.15) is 83.2 Å². The van der Waals surface area contributed by atoms with E-state index < -0.39 is 54.4 Å². The van der Waals surface area contributed by atoms with Crippen molar-refractivity contribution < 1.29 is 43.9 Å². The summed E-state index contributed by atoms with van der Waals surface area (Å²) in [5, 5.41) is 31.3. The van der Waals surface area contributed by atoms with Crippen LogP contribution in [-0.2, 0) is 14.3 Å². The van der Waals surface area contributed by atoms with E-state index in [1.807, 2.05) is 6.92 Å². The molecule has 3 N–H and O–H groups in total. The molecular weight excluding hydrogens is 518 g/mol. The van der Waals surface area contributed by atoms with Crippen molar-refractivity contribution in [2.45, 2.75) is 83.3 Å². The maximum absolute atomic E-state index is 14.4. The van der Waals surface area contributed by atoms with Gasteiger partial charge in [0.2, 0.25) is 18.3 Å². The van der Waals surface area contributed by atoms with Gasteiger partial charge in [-0.3, -0.25) is 9.59 Å². The molecule has 1 aliphatic carbocycles. The second-order valence-electron chi connectivity index (χ2n) is 10.8. The summed E-state index contributed by atoms with van der Waals surface area (Å²) in [6.45, 7) is 5.38. The zero-order valence-corrected chi connectivity index (χ0v) is 22.4. The highest BCUT2D eigenvalue weighted by atomic mass is 16.7. The van der Waals surface area contributed by atoms with E-state index in [0.717, 1.165) is 6.42 Å². The van der Waals surface area contributed by atoms with Crippen LogP contribution in [0.3, 0.4) is 0 Å². The van der Waals surface area contributed by atoms with Gasteiger partial charge >= 0.3 is 5.97 Å². The van der Waals surface area contributed by atoms with E-state index in [-0.39, 0.29) is 45.9 Å². The van der Waals surface area contributed by atoms with E-state index in [4.69, 9.17) is 14.2 Å². The summed E-state index contributed by atoms with van der Waals surface area (Å²) in [5.41, 5.74) is 1.47. The first-order chi connectivity index (χ1) is 19.1. The highest BCUT2D eigenvalue weighted by molar-refractivity contribution is 6.41. The predicted octanol–water partition coefficient (Wildman–Crippen LogP) is 3.16. The number of hydrogen-bond donors (Lipinski definition) is 3. The number of phenols is 1. The lowest BCUT2D eigenvalue weighted by molar-refractivity contribution is -0.216. The van der Waals surface area contributed by atoms with Crippen LogP contribution >= 0.6 is 0 Å². The number of ketones is 2. The SMILES string of the molecule is CCCC[C@@H]1C(=O)O[C@@H]2c3cc(C)cc(O)c3C3=C(C(=O)c4c(O[C@H]5C[C@H](O)[C@@H](O)[C@@H](C)O5)cccc4C3=O)N12. The van der Waals surface area contributed by atoms with Gasteiger partial charge in [0.05, 0.1) is 23.3 Å². The van der Waals surface area contributed by atoms with Crippen LogP contribution in [0.25, 0.3) is 5.57 Å². The van der Waals surface area contributed by atoms with Crippen molar-refractivity contribution in [3.05, 3.63) is 63.8 Å². The van der Waals surface area contributed by atoms with Gasteiger partial charge in [-0.2, -0.15) is 0 Å². The number of aryl methyl sites for hydroxylation is 1. The maximum atomic E-state index is 14.4. The summed E-state index contributed by atoms with van der Waals surface area (Å²) in [6.07, 6.45) is -2.92. The number of benzene rings is 2. The van der Waals surface area contributed by atoms with Gasteiger partial charge in [0.1, 0.15) is 29.3 Å². The molecule has 10 heteroatoms. The molecule has 2 aromatic carbocycles. The van der Waals surface area contributed by atoms with Crippen LogP contribution in [0.5, 0.6) is 11.5 Å². The van der Waals surface area contributed by atoms with Gasteiger partial charge in [0.25, 0.3) is 0 Å². The van der Waals surface area contributed by atoms with E-state index in [0.29, 0.717) is 24.0 Å². The lowest BCUT2D eigenvalue weighted by atomic mass is 9.78. The van der Waals surface area contributed by atoms with Crippen LogP contribution in [-0.4, -0.2) is 68.4 Å². The van der Waals surface area contributed by atoms with Gasteiger partial charge in [-0.05, 0) is 44.0 Å². The number of Topliss-reactive ketones (excluding diaryl/α,β-unsaturated/α-hetero) is 2. The molecule has 210 valence electrons. The standard InChI is InChI=1S/C30H31NO9/c1-4-5-8-17-30(37)40-29-16-10-13(2)11-18(32)22(16)24-25(31(17)29)28(36)23-15(27(24)35)7-6-9-20(23)39-21-12-19(33)26(34)14(3)38-21/h6-7,9-11,14,17,19,21,26,29,32-34H,4-5,8,12H2,1-3H3/t14-,17-,19+,21+,26+,29-/m1/s1. The Hall–Kier alpha value is -3.73. The minimum Gasteiger partial charge on any atom is -0.507 e. The highest BCUT2D eigenvalue weighted by Crippen LogP contribution is 2.52. The normalized spacial score (nSPS) is 29.0. The smallest absolute Gasteiger partial charge is 0.331 e. The molecule has 6 rings (SSSR count). The number of rotatable bonds is 5. The Morgan fingerprint density at radius 2 is 1.88 bits per heavy atom. The molecule has 40 heavy (non-hydrogen) atoms. The summed E-state index contributed by atoms with van der Waals surface area (Å²) in [4.78, 5) is 43.2. The van der Waals surface area contributed by atoms with Crippen LogP contribution in [0.15, 0.2) is 36.0 Å². The van der Waals surface area contributed by atoms with Crippen molar-refractivity contribution in [3.63, 3.8) is 0 Å². The molecule has 0 aromatic heterocycles. The maximum Gasteiger partial charge on any atom is 0.331 e. The second kappa shape index (κ2) is 9.72. The first-order valence-corrected chi connectivity index (χ1v) is 13.6. The number of phenolic OH excluding ortho intramolecular Hbond substituents is 1. The van der Waals surface area contributed by atoms with Gasteiger partial charge in [-0.15, -0.1) is 0 Å². The number of carbonyl (C=O) groups excluding carboxylic acids is 3. The zero-order chi connectivity index (χ0) is 28.5. The molecule has 0 radical (unpaired) electrons. The minimum absolute atomic E-state index is 0.00510. The molecule has 3 aliphatic heterocycles. The van der Waals surface area contributed by atoms with E-state index >= 15 is 0 Å². The van der Waals surface area contributed by atoms with Crippen LogP contribution < -0.4 is 4.74 Å². The van der Waals surface area contributed by atoms with Gasteiger partial charge in [0.15, 0.2) is 5.78 Å². The number of allylic oxidation sites excluding steroid dienone is 2. The Morgan fingerprint density at radius 3 is 2.60 bits per heavy atom. The summed E-state index contributed by atoms with van der Waals surface area (Å²) in [6, 6.07) is 7.13. The number of ether oxygens (including phenoxy) is 3. The molecule has 2 aromatic rings. The molecule has 4 aliphatic rings. The van der Waals surface area contributed by atoms with Crippen molar-refractivity contribution in [1.29, 1.82) is 0 Å². The van der Waals surface area contributed by atoms with E-state index in [1.165, 1.54) is 18.2 Å². The first kappa shape index (κ1) is 26.5. The molecule has 3 heterocycles. The van der Waals surface area contributed by atoms with Crippen molar-refractivity contribution in [2.24, 2.45) is 0 Å². The Kier molecular flexibility index (Phi) is 6.44. The fourth-order valence-electron chi connectivity index (χ4n) is 6.17. The summed E-state index contributed by atoms with van der Waals surface area (Å²) < 4.78 is 17.5. The third-order valence-corrected chi connectivity index (χ3v) is 8.10. The Labute approximate surface area is 230 Å². The number of esters is 1. The van der Waals surface area contributed by atoms with Crippen LogP contribution in [0.4, 0.5) is 0 Å². The average Bonchev–Trinajstić information content (AvgIpc) is 3.24. The van der Waals surface area contributed by atoms with Gasteiger partial charge < -0.3 is 34.4 Å². The number of aliphatic hydroxyl groups excluding tert-OH is 2. The number of nitrogens with zero attached hydrogens (tertiary/aromatic N) is 1. The fourth-order valence-corrected chi connectivity index (χ4v) is 6.17. The first-order valence-electron chi connectivity index (χ1n) is 13.6. The number of carbonyl (C=O) groups is 3. The van der Waals surface area contributed by atoms with Crippen molar-refractivity contribution >= 4 is 23.1 Å². The third kappa shape index (κ3) is 3.93. The molecule has 0 amide bonds. The van der Waals surface area contributed by atoms with Crippen LogP contribution in [0, 0.1) is 6.92 Å². The van der Waals surface area contributed by atoms with E-state index in [2.05, 4.69) is 0 Å².